The van der Waals surface area contributed by atoms with E-state index in [1.165, 1.54) is 11.9 Å². The zero-order valence-electron chi connectivity index (χ0n) is 10.3. The van der Waals surface area contributed by atoms with Gasteiger partial charge < -0.3 is 9.55 Å². The molecule has 2 aromatic heterocycles. The van der Waals surface area contributed by atoms with Crippen molar-refractivity contribution in [1.82, 2.24) is 14.5 Å². The van der Waals surface area contributed by atoms with Crippen molar-refractivity contribution in [1.29, 1.82) is 0 Å². The molecule has 2 heterocycles. The van der Waals surface area contributed by atoms with Gasteiger partial charge in [0.05, 0.1) is 6.33 Å². The highest BCUT2D eigenvalue weighted by Gasteiger charge is 2.12. The summed E-state index contributed by atoms with van der Waals surface area (Å²) in [4.78, 5) is 18.7. The highest BCUT2D eigenvalue weighted by atomic mass is 16.1. The lowest BCUT2D eigenvalue weighted by molar-refractivity contribution is 0.954. The van der Waals surface area contributed by atoms with Gasteiger partial charge in [0, 0.05) is 18.8 Å². The molecule has 90 valence electrons. The van der Waals surface area contributed by atoms with E-state index in [-0.39, 0.29) is 5.56 Å². The molecule has 0 saturated heterocycles. The van der Waals surface area contributed by atoms with E-state index in [9.17, 15) is 4.79 Å². The Kier molecular flexibility index (Phi) is 2.30. The average Bonchev–Trinajstić information content (AvgIpc) is 2.68. The zero-order chi connectivity index (χ0) is 12.7. The number of nitrogens with one attached hydrogen (secondary N) is 1. The maximum atomic E-state index is 11.8. The van der Waals surface area contributed by atoms with Crippen molar-refractivity contribution < 1.29 is 0 Å². The van der Waals surface area contributed by atoms with Crippen molar-refractivity contribution in [3.8, 4) is 11.1 Å². The standard InChI is InChI=1S/C14H13N3O/c1-9-4-3-5-10(6-9)11-7-17(2)13-12(11)15-8-16-14(13)18/h3-8H,1-2H3,(H,15,16,18). The van der Waals surface area contributed by atoms with Crippen molar-refractivity contribution in [2.75, 3.05) is 0 Å². The van der Waals surface area contributed by atoms with Crippen LogP contribution in [0.5, 0.6) is 0 Å². The number of benzene rings is 1. The minimum absolute atomic E-state index is 0.110. The lowest BCUT2D eigenvalue weighted by atomic mass is 10.1. The average molecular weight is 239 g/mol. The highest BCUT2D eigenvalue weighted by molar-refractivity contribution is 5.92. The molecular weight excluding hydrogens is 226 g/mol. The van der Waals surface area contributed by atoms with Crippen molar-refractivity contribution >= 4 is 11.0 Å². The Morgan fingerprint density at radius 3 is 2.94 bits per heavy atom. The van der Waals surface area contributed by atoms with Gasteiger partial charge in [0.25, 0.3) is 5.56 Å². The van der Waals surface area contributed by atoms with Crippen LogP contribution in [0.2, 0.25) is 0 Å². The van der Waals surface area contributed by atoms with Gasteiger partial charge in [0.1, 0.15) is 11.0 Å². The summed E-state index contributed by atoms with van der Waals surface area (Å²) in [6, 6.07) is 8.19. The summed E-state index contributed by atoms with van der Waals surface area (Å²) in [6.45, 7) is 2.05. The van der Waals surface area contributed by atoms with Gasteiger partial charge in [-0.25, -0.2) is 4.98 Å². The van der Waals surface area contributed by atoms with Gasteiger partial charge in [-0.3, -0.25) is 4.79 Å². The number of aromatic amines is 1. The molecule has 1 aromatic carbocycles. The number of aryl methyl sites for hydroxylation is 2. The van der Waals surface area contributed by atoms with Crippen LogP contribution in [0.25, 0.3) is 22.2 Å². The first-order chi connectivity index (χ1) is 8.66. The second kappa shape index (κ2) is 3.84. The molecule has 0 aliphatic carbocycles. The van der Waals surface area contributed by atoms with Crippen molar-refractivity contribution in [2.45, 2.75) is 6.92 Å². The molecule has 3 aromatic rings. The largest absolute Gasteiger partial charge is 0.344 e. The van der Waals surface area contributed by atoms with Crippen LogP contribution >= 0.6 is 0 Å². The fourth-order valence-electron chi connectivity index (χ4n) is 2.26. The second-order valence-electron chi connectivity index (χ2n) is 4.45. The van der Waals surface area contributed by atoms with E-state index < -0.39 is 0 Å². The predicted octanol–water partition coefficient (Wildman–Crippen LogP) is 2.24. The summed E-state index contributed by atoms with van der Waals surface area (Å²) in [5, 5.41) is 0. The van der Waals surface area contributed by atoms with E-state index in [0.29, 0.717) is 5.52 Å². The molecule has 0 fully saturated rings. The SMILES string of the molecule is Cc1cccc(-c2cn(C)c3c(=O)[nH]cnc23)c1. The Labute approximate surface area is 104 Å². The van der Waals surface area contributed by atoms with E-state index in [4.69, 9.17) is 0 Å². The molecule has 3 rings (SSSR count). The van der Waals surface area contributed by atoms with Gasteiger partial charge in [-0.15, -0.1) is 0 Å². The van der Waals surface area contributed by atoms with Crippen LogP contribution in [0.3, 0.4) is 0 Å². The second-order valence-corrected chi connectivity index (χ2v) is 4.45. The molecule has 18 heavy (non-hydrogen) atoms. The molecule has 0 spiro atoms. The quantitative estimate of drug-likeness (QED) is 0.708. The van der Waals surface area contributed by atoms with Gasteiger partial charge in [-0.2, -0.15) is 0 Å². The van der Waals surface area contributed by atoms with E-state index in [1.54, 1.807) is 0 Å². The number of nitrogens with zero attached hydrogens (tertiary/aromatic N) is 2. The molecule has 0 aliphatic heterocycles. The van der Waals surface area contributed by atoms with E-state index in [2.05, 4.69) is 29.0 Å². The van der Waals surface area contributed by atoms with Gasteiger partial charge in [0.2, 0.25) is 0 Å². The van der Waals surface area contributed by atoms with Crippen LogP contribution in [0.15, 0.2) is 41.6 Å². The van der Waals surface area contributed by atoms with Crippen LogP contribution < -0.4 is 5.56 Å². The third-order valence-corrected chi connectivity index (χ3v) is 3.09. The van der Waals surface area contributed by atoms with Crippen LogP contribution in [-0.4, -0.2) is 14.5 Å². The summed E-state index contributed by atoms with van der Waals surface area (Å²) in [5.41, 5.74) is 4.50. The summed E-state index contributed by atoms with van der Waals surface area (Å²) >= 11 is 0. The van der Waals surface area contributed by atoms with E-state index in [1.807, 2.05) is 29.9 Å². The molecule has 0 atom stereocenters. The number of fused-ring (bicyclic) bond motifs is 1. The topological polar surface area (TPSA) is 50.7 Å². The van der Waals surface area contributed by atoms with Gasteiger partial charge in [-0.05, 0) is 12.5 Å². The van der Waals surface area contributed by atoms with Crippen LogP contribution in [-0.2, 0) is 7.05 Å². The first-order valence-electron chi connectivity index (χ1n) is 5.76. The first kappa shape index (κ1) is 10.8. The number of hydrogen-bond acceptors (Lipinski definition) is 2. The van der Waals surface area contributed by atoms with Crippen LogP contribution in [0.1, 0.15) is 5.56 Å². The third kappa shape index (κ3) is 1.54. The Hall–Kier alpha value is -2.36. The number of hydrogen-bond donors (Lipinski definition) is 1. The maximum absolute atomic E-state index is 11.8. The molecular formula is C14H13N3O. The van der Waals surface area contributed by atoms with Crippen molar-refractivity contribution in [2.24, 2.45) is 7.05 Å². The minimum Gasteiger partial charge on any atom is -0.344 e. The van der Waals surface area contributed by atoms with Gasteiger partial charge >= 0.3 is 0 Å². The molecule has 0 saturated carbocycles. The number of rotatable bonds is 1. The monoisotopic (exact) mass is 239 g/mol. The lowest BCUT2D eigenvalue weighted by Gasteiger charge is -1.99. The fraction of sp³-hybridized carbons (Fsp3) is 0.143. The molecule has 0 bridgehead atoms. The van der Waals surface area contributed by atoms with Gasteiger partial charge in [0.15, 0.2) is 0 Å². The fourth-order valence-corrected chi connectivity index (χ4v) is 2.26. The molecule has 1 N–H and O–H groups in total. The highest BCUT2D eigenvalue weighted by Crippen LogP contribution is 2.27. The molecule has 0 unspecified atom stereocenters. The number of H-pyrrole nitrogens is 1. The third-order valence-electron chi connectivity index (χ3n) is 3.09. The minimum atomic E-state index is -0.110. The Bertz CT molecular complexity index is 783. The summed E-state index contributed by atoms with van der Waals surface area (Å²) in [6.07, 6.45) is 3.39. The molecule has 0 aliphatic rings. The van der Waals surface area contributed by atoms with E-state index >= 15 is 0 Å². The van der Waals surface area contributed by atoms with Crippen LogP contribution in [0.4, 0.5) is 0 Å². The Balaban J connectivity index is 2.38. The molecule has 0 radical (unpaired) electrons. The van der Waals surface area contributed by atoms with Gasteiger partial charge in [-0.1, -0.05) is 29.8 Å². The lowest BCUT2D eigenvalue weighted by Crippen LogP contribution is -2.08. The molecule has 4 nitrogen and oxygen atoms in total. The van der Waals surface area contributed by atoms with Crippen molar-refractivity contribution in [3.05, 3.63) is 52.7 Å². The Morgan fingerprint density at radius 2 is 2.17 bits per heavy atom. The predicted molar refractivity (Wildman–Crippen MR) is 71.5 cm³/mol. The van der Waals surface area contributed by atoms with Crippen molar-refractivity contribution in [3.63, 3.8) is 0 Å². The summed E-state index contributed by atoms with van der Waals surface area (Å²) in [5.74, 6) is 0. The smallest absolute Gasteiger partial charge is 0.275 e. The maximum Gasteiger partial charge on any atom is 0.275 e. The Morgan fingerprint density at radius 1 is 1.33 bits per heavy atom. The van der Waals surface area contributed by atoms with E-state index in [0.717, 1.165) is 16.6 Å². The first-order valence-corrected chi connectivity index (χ1v) is 5.76. The molecule has 0 amide bonds. The zero-order valence-corrected chi connectivity index (χ0v) is 10.3. The normalized spacial score (nSPS) is 11.0. The summed E-state index contributed by atoms with van der Waals surface area (Å²) in [7, 11) is 1.86. The summed E-state index contributed by atoms with van der Waals surface area (Å²) < 4.78 is 1.82. The number of aromatic nitrogens is 3. The molecule has 4 heteroatoms. The van der Waals surface area contributed by atoms with Crippen LogP contribution in [0, 0.1) is 6.92 Å².